The number of hydrogen-bond acceptors (Lipinski definition) is 3. The van der Waals surface area contributed by atoms with E-state index in [9.17, 15) is 9.59 Å². The Kier molecular flexibility index (Phi) is 7.69. The van der Waals surface area contributed by atoms with Crippen LogP contribution >= 0.6 is 58.0 Å². The van der Waals surface area contributed by atoms with Gasteiger partial charge in [-0.15, -0.1) is 23.2 Å². The second kappa shape index (κ2) is 10.2. The summed E-state index contributed by atoms with van der Waals surface area (Å²) >= 11 is 31.2. The Labute approximate surface area is 217 Å². The Bertz CT molecular complexity index is 1050. The minimum atomic E-state index is -1.30. The fraction of sp³-hybridized carbons (Fsp3) is 0.391. The topological polar surface area (TPSA) is 67.4 Å². The van der Waals surface area contributed by atoms with E-state index in [1.54, 1.807) is 30.3 Å². The lowest BCUT2D eigenvalue weighted by Crippen LogP contribution is -2.28. The van der Waals surface area contributed by atoms with Crippen LogP contribution in [0.5, 0.6) is 0 Å². The largest absolute Gasteiger partial charge is 0.379 e. The molecule has 2 saturated carbocycles. The van der Waals surface area contributed by atoms with E-state index >= 15 is 0 Å². The molecule has 10 heteroatoms. The summed E-state index contributed by atoms with van der Waals surface area (Å²) in [7, 11) is 0. The third-order valence-electron chi connectivity index (χ3n) is 5.64. The number of carbonyl (C=O) groups excluding carboxylic acids is 2. The number of nitrogens with one attached hydrogen (secondary N) is 2. The van der Waals surface area contributed by atoms with Crippen LogP contribution in [0.2, 0.25) is 15.1 Å². The first kappa shape index (κ1) is 24.9. The molecule has 2 N–H and O–H groups in total. The predicted octanol–water partition coefficient (Wildman–Crippen LogP) is 6.33. The fourth-order valence-electron chi connectivity index (χ4n) is 3.69. The Morgan fingerprint density at radius 1 is 1.03 bits per heavy atom. The van der Waals surface area contributed by atoms with Gasteiger partial charge in [0, 0.05) is 34.8 Å². The molecule has 2 aromatic rings. The monoisotopic (exact) mass is 548 g/mol. The zero-order chi connectivity index (χ0) is 23.8. The van der Waals surface area contributed by atoms with Gasteiger partial charge in [-0.3, -0.25) is 9.59 Å². The van der Waals surface area contributed by atoms with Crippen molar-refractivity contribution in [2.75, 3.05) is 25.1 Å². The van der Waals surface area contributed by atoms with E-state index in [0.29, 0.717) is 40.4 Å². The van der Waals surface area contributed by atoms with E-state index in [1.807, 2.05) is 0 Å². The van der Waals surface area contributed by atoms with Crippen molar-refractivity contribution in [2.45, 2.75) is 23.1 Å². The van der Waals surface area contributed by atoms with E-state index in [2.05, 4.69) is 10.6 Å². The Morgan fingerprint density at radius 2 is 1.73 bits per heavy atom. The van der Waals surface area contributed by atoms with E-state index < -0.39 is 16.2 Å². The lowest BCUT2D eigenvalue weighted by atomic mass is 10.1. The van der Waals surface area contributed by atoms with Crippen molar-refractivity contribution in [3.8, 4) is 0 Å². The molecule has 0 saturated heterocycles. The minimum absolute atomic E-state index is 0.244. The molecule has 2 aromatic carbocycles. The third kappa shape index (κ3) is 6.08. The minimum Gasteiger partial charge on any atom is -0.379 e. The quantitative estimate of drug-likeness (QED) is 0.283. The van der Waals surface area contributed by atoms with Crippen molar-refractivity contribution in [2.24, 2.45) is 11.8 Å². The Hall–Kier alpha value is -1.21. The van der Waals surface area contributed by atoms with Crippen molar-refractivity contribution >= 4 is 75.5 Å². The molecule has 4 rings (SSSR count). The van der Waals surface area contributed by atoms with Gasteiger partial charge >= 0.3 is 0 Å². The highest BCUT2D eigenvalue weighted by atomic mass is 35.5. The van der Waals surface area contributed by atoms with Crippen LogP contribution in [0.3, 0.4) is 0 Å². The van der Waals surface area contributed by atoms with Crippen LogP contribution in [0.15, 0.2) is 36.4 Å². The third-order valence-corrected chi connectivity index (χ3v) is 7.35. The van der Waals surface area contributed by atoms with Gasteiger partial charge in [0.1, 0.15) is 4.33 Å². The molecular weight excluding hydrogens is 530 g/mol. The standard InChI is InChI=1S/C23H21Cl5N2O3/c24-14-7-13(8-15(25)9-14)19-20(23(19,27)28)22(32)30-16-3-4-18(26)17(10-16)21(31)29-5-6-33-11-12-1-2-12/h3-4,7-10,12,19-20H,1-2,5-6,11H2,(H,29,31)(H,30,32). The number of hydrogen-bond donors (Lipinski definition) is 2. The number of alkyl halides is 2. The van der Waals surface area contributed by atoms with Crippen LogP contribution in [0, 0.1) is 11.8 Å². The molecule has 0 bridgehead atoms. The SMILES string of the molecule is O=C(NCCOCC1CC1)c1cc(NC(=O)C2C(c3cc(Cl)cc(Cl)c3)C2(Cl)Cl)ccc1Cl. The summed E-state index contributed by atoms with van der Waals surface area (Å²) in [5, 5.41) is 6.67. The second-order valence-corrected chi connectivity index (χ2v) is 11.0. The van der Waals surface area contributed by atoms with Gasteiger partial charge in [0.2, 0.25) is 5.91 Å². The second-order valence-electron chi connectivity index (χ2n) is 8.29. The average molecular weight is 551 g/mol. The lowest BCUT2D eigenvalue weighted by molar-refractivity contribution is -0.117. The Morgan fingerprint density at radius 3 is 2.39 bits per heavy atom. The summed E-state index contributed by atoms with van der Waals surface area (Å²) < 4.78 is 4.22. The van der Waals surface area contributed by atoms with Gasteiger partial charge in [0.05, 0.1) is 23.1 Å². The van der Waals surface area contributed by atoms with E-state index in [-0.39, 0.29) is 22.4 Å². The van der Waals surface area contributed by atoms with Crippen molar-refractivity contribution in [3.63, 3.8) is 0 Å². The van der Waals surface area contributed by atoms with Crippen LogP contribution < -0.4 is 10.6 Å². The number of benzene rings is 2. The number of carbonyl (C=O) groups is 2. The molecule has 2 aliphatic carbocycles. The van der Waals surface area contributed by atoms with Crippen LogP contribution in [-0.2, 0) is 9.53 Å². The first-order valence-electron chi connectivity index (χ1n) is 10.5. The van der Waals surface area contributed by atoms with E-state index in [1.165, 1.54) is 18.9 Å². The normalized spacial score (nSPS) is 20.9. The van der Waals surface area contributed by atoms with Crippen LogP contribution in [0.4, 0.5) is 5.69 Å². The van der Waals surface area contributed by atoms with Gasteiger partial charge in [0.25, 0.3) is 5.91 Å². The summed E-state index contributed by atoms with van der Waals surface area (Å²) in [4.78, 5) is 25.5. The van der Waals surface area contributed by atoms with Gasteiger partial charge < -0.3 is 15.4 Å². The molecular formula is C23H21Cl5N2O3. The van der Waals surface area contributed by atoms with Crippen LogP contribution in [0.25, 0.3) is 0 Å². The summed E-state index contributed by atoms with van der Waals surface area (Å²) in [6.45, 7) is 1.52. The van der Waals surface area contributed by atoms with Crippen molar-refractivity contribution < 1.29 is 14.3 Å². The van der Waals surface area contributed by atoms with Crippen molar-refractivity contribution in [1.82, 2.24) is 5.32 Å². The van der Waals surface area contributed by atoms with Gasteiger partial charge in [0.15, 0.2) is 0 Å². The molecule has 2 amide bonds. The zero-order valence-corrected chi connectivity index (χ0v) is 21.1. The number of ether oxygens (including phenoxy) is 1. The molecule has 0 radical (unpaired) electrons. The maximum atomic E-state index is 12.9. The molecule has 176 valence electrons. The maximum Gasteiger partial charge on any atom is 0.252 e. The first-order valence-corrected chi connectivity index (χ1v) is 12.4. The summed E-state index contributed by atoms with van der Waals surface area (Å²) in [5.74, 6) is -1.26. The van der Waals surface area contributed by atoms with Crippen LogP contribution in [-0.4, -0.2) is 35.9 Å². The Balaban J connectivity index is 1.38. The van der Waals surface area contributed by atoms with Gasteiger partial charge in [-0.1, -0.05) is 34.8 Å². The molecule has 0 spiro atoms. The molecule has 0 aliphatic heterocycles. The van der Waals surface area contributed by atoms with Crippen molar-refractivity contribution in [1.29, 1.82) is 0 Å². The van der Waals surface area contributed by atoms with Crippen LogP contribution in [0.1, 0.15) is 34.7 Å². The van der Waals surface area contributed by atoms with Crippen molar-refractivity contribution in [3.05, 3.63) is 62.6 Å². The number of anilines is 1. The molecule has 2 unspecified atom stereocenters. The molecule has 2 atom stereocenters. The first-order chi connectivity index (χ1) is 15.7. The van der Waals surface area contributed by atoms with E-state index in [4.69, 9.17) is 62.7 Å². The average Bonchev–Trinajstić information content (AvgIpc) is 3.64. The smallest absolute Gasteiger partial charge is 0.252 e. The number of halogens is 5. The van der Waals surface area contributed by atoms with Gasteiger partial charge in [-0.2, -0.15) is 0 Å². The molecule has 5 nitrogen and oxygen atoms in total. The molecule has 33 heavy (non-hydrogen) atoms. The summed E-state index contributed by atoms with van der Waals surface area (Å²) in [5.41, 5.74) is 1.32. The predicted molar refractivity (Wildman–Crippen MR) is 133 cm³/mol. The fourth-order valence-corrected chi connectivity index (χ4v) is 5.26. The van der Waals surface area contributed by atoms with E-state index in [0.717, 1.165) is 6.61 Å². The molecule has 2 fully saturated rings. The highest BCUT2D eigenvalue weighted by Crippen LogP contribution is 2.65. The van der Waals surface area contributed by atoms with Gasteiger partial charge in [-0.25, -0.2) is 0 Å². The molecule has 0 heterocycles. The number of rotatable bonds is 9. The summed E-state index contributed by atoms with van der Waals surface area (Å²) in [6, 6.07) is 9.62. The molecule has 0 aromatic heterocycles. The maximum absolute atomic E-state index is 12.9. The highest BCUT2D eigenvalue weighted by Gasteiger charge is 2.67. The summed E-state index contributed by atoms with van der Waals surface area (Å²) in [6.07, 6.45) is 2.42. The van der Waals surface area contributed by atoms with Gasteiger partial charge in [-0.05, 0) is 60.7 Å². The number of amides is 2. The molecule has 2 aliphatic rings. The lowest BCUT2D eigenvalue weighted by Gasteiger charge is -2.10. The zero-order valence-electron chi connectivity index (χ0n) is 17.3. The highest BCUT2D eigenvalue weighted by molar-refractivity contribution is 6.53.